The number of halogens is 15. The van der Waals surface area contributed by atoms with E-state index in [1.807, 2.05) is 0 Å². The Balaban J connectivity index is 2.73. The second-order valence-corrected chi connectivity index (χ2v) is 9.95. The Morgan fingerprint density at radius 3 is 1.52 bits per heavy atom. The number of aryl methyl sites for hydroxylation is 1. The van der Waals surface area contributed by atoms with E-state index in [0.29, 0.717) is 5.56 Å². The van der Waals surface area contributed by atoms with Crippen LogP contribution in [0.1, 0.15) is 5.56 Å². The highest BCUT2D eigenvalue weighted by Gasteiger charge is 2.93. The van der Waals surface area contributed by atoms with Gasteiger partial charge in [-0.15, -0.1) is 0 Å². The van der Waals surface area contributed by atoms with Gasteiger partial charge < -0.3 is 4.74 Å². The summed E-state index contributed by atoms with van der Waals surface area (Å²) < 4.78 is 224. The lowest BCUT2D eigenvalue weighted by atomic mass is 9.89. The van der Waals surface area contributed by atoms with Crippen molar-refractivity contribution in [3.05, 3.63) is 54.1 Å². The lowest BCUT2D eigenvalue weighted by Crippen LogP contribution is -2.73. The molecule has 0 spiro atoms. The number of nitrogens with zero attached hydrogens (tertiary/aromatic N) is 1. The molecule has 0 aromatic heterocycles. The number of aliphatic imine (C=N–C) groups is 1. The van der Waals surface area contributed by atoms with Gasteiger partial charge in [0.15, 0.2) is 0 Å². The van der Waals surface area contributed by atoms with Crippen LogP contribution in [0.2, 0.25) is 0 Å². The van der Waals surface area contributed by atoms with Gasteiger partial charge in [0.05, 0.1) is 29.3 Å². The lowest BCUT2D eigenvalue weighted by molar-refractivity contribution is -0.448. The van der Waals surface area contributed by atoms with Crippen LogP contribution in [0.5, 0.6) is 5.75 Å². The van der Waals surface area contributed by atoms with Gasteiger partial charge in [-0.3, -0.25) is 9.20 Å². The molecular formula is C23H16F15NO2S. The third kappa shape index (κ3) is 5.79. The van der Waals surface area contributed by atoms with E-state index in [0.717, 1.165) is 43.5 Å². The zero-order valence-corrected chi connectivity index (χ0v) is 21.5. The summed E-state index contributed by atoms with van der Waals surface area (Å²) >= 11 is 0. The second kappa shape index (κ2) is 11.3. The molecule has 0 saturated carbocycles. The van der Waals surface area contributed by atoms with E-state index >= 15 is 8.78 Å². The summed E-state index contributed by atoms with van der Waals surface area (Å²) in [6.07, 6.45) is -7.71. The summed E-state index contributed by atoms with van der Waals surface area (Å²) in [5, 5.41) is 0. The Labute approximate surface area is 228 Å². The first kappa shape index (κ1) is 35.2. The molecule has 0 saturated heterocycles. The zero-order valence-electron chi connectivity index (χ0n) is 20.7. The maximum Gasteiger partial charge on any atom is 0.460 e. The van der Waals surface area contributed by atoms with Gasteiger partial charge in [0, 0.05) is 4.90 Å². The SMILES string of the molecule is COc1ccc(N=C(CS(=O)c2ccc(C)cc2)C(F)(F)C(F)(F)C(F)(F)C(F)(F)C(F)(F)C(F)(F)C(F)(F)F)cc1. The third-order valence-electron chi connectivity index (χ3n) is 5.58. The minimum Gasteiger partial charge on any atom is -0.497 e. The number of hydrogen-bond acceptors (Lipinski definition) is 3. The van der Waals surface area contributed by atoms with E-state index in [2.05, 4.69) is 4.99 Å². The molecule has 2 aromatic rings. The molecule has 0 heterocycles. The van der Waals surface area contributed by atoms with Gasteiger partial charge in [0.2, 0.25) is 0 Å². The number of methoxy groups -OCH3 is 1. The molecule has 0 aliphatic carbocycles. The number of benzene rings is 2. The molecule has 0 aliphatic rings. The molecule has 0 amide bonds. The smallest absolute Gasteiger partial charge is 0.460 e. The first-order valence-electron chi connectivity index (χ1n) is 10.8. The molecule has 1 atom stereocenters. The van der Waals surface area contributed by atoms with Gasteiger partial charge in [-0.1, -0.05) is 17.7 Å². The fourth-order valence-electron chi connectivity index (χ4n) is 3.05. The van der Waals surface area contributed by atoms with E-state index in [4.69, 9.17) is 4.74 Å². The van der Waals surface area contributed by atoms with Crippen LogP contribution in [0.25, 0.3) is 0 Å². The van der Waals surface area contributed by atoms with Crippen LogP contribution in [0.4, 0.5) is 71.5 Å². The molecule has 3 nitrogen and oxygen atoms in total. The average molecular weight is 655 g/mol. The molecule has 1 unspecified atom stereocenters. The second-order valence-electron chi connectivity index (χ2n) is 8.50. The van der Waals surface area contributed by atoms with Crippen molar-refractivity contribution in [2.45, 2.75) is 53.5 Å². The highest BCUT2D eigenvalue weighted by atomic mass is 32.2. The molecule has 0 aliphatic heterocycles. The molecule has 42 heavy (non-hydrogen) atoms. The average Bonchev–Trinajstić information content (AvgIpc) is 2.87. The van der Waals surface area contributed by atoms with Crippen LogP contribution in [-0.2, 0) is 10.8 Å². The number of ether oxygens (including phenoxy) is 1. The highest BCUT2D eigenvalue weighted by Crippen LogP contribution is 2.62. The van der Waals surface area contributed by atoms with Crippen molar-refractivity contribution in [2.75, 3.05) is 12.9 Å². The van der Waals surface area contributed by atoms with Crippen LogP contribution in [-0.4, -0.2) is 64.5 Å². The quantitative estimate of drug-likeness (QED) is 0.181. The monoisotopic (exact) mass is 655 g/mol. The highest BCUT2D eigenvalue weighted by molar-refractivity contribution is 7.85. The van der Waals surface area contributed by atoms with Crippen molar-refractivity contribution in [1.29, 1.82) is 0 Å². The zero-order chi connectivity index (χ0) is 32.7. The van der Waals surface area contributed by atoms with Crippen molar-refractivity contribution in [3.63, 3.8) is 0 Å². The Morgan fingerprint density at radius 2 is 1.10 bits per heavy atom. The molecule has 0 N–H and O–H groups in total. The van der Waals surface area contributed by atoms with Crippen molar-refractivity contribution < 1.29 is 74.8 Å². The topological polar surface area (TPSA) is 38.7 Å². The molecule has 0 fully saturated rings. The summed E-state index contributed by atoms with van der Waals surface area (Å²) in [5.41, 5.74) is -2.91. The maximum absolute atomic E-state index is 15.1. The Kier molecular flexibility index (Phi) is 9.44. The van der Waals surface area contributed by atoms with Crippen molar-refractivity contribution in [3.8, 4) is 5.75 Å². The van der Waals surface area contributed by atoms with E-state index in [-0.39, 0.29) is 5.75 Å². The Hall–Kier alpha value is -2.99. The normalized spacial score (nSPS) is 15.5. The standard InChI is InChI=1S/C23H16F15NO2S/c1-12-3-9-15(10-4-12)42(40)11-16(39-13-5-7-14(41-2)8-6-13)17(24,25)18(26,27)19(28,29)20(30,31)21(32,33)22(34,35)23(36,37)38/h3-10H,11H2,1-2H3. The fourth-order valence-corrected chi connectivity index (χ4v) is 4.15. The van der Waals surface area contributed by atoms with Crippen molar-refractivity contribution >= 4 is 22.2 Å². The first-order valence-corrected chi connectivity index (χ1v) is 12.1. The van der Waals surface area contributed by atoms with Gasteiger partial charge in [0.25, 0.3) is 0 Å². The summed E-state index contributed by atoms with van der Waals surface area (Å²) in [6, 6.07) is 7.82. The van der Waals surface area contributed by atoms with E-state index in [1.54, 1.807) is 0 Å². The third-order valence-corrected chi connectivity index (χ3v) is 6.91. The van der Waals surface area contributed by atoms with Crippen LogP contribution in [0.3, 0.4) is 0 Å². The van der Waals surface area contributed by atoms with Crippen LogP contribution in [0, 0.1) is 6.92 Å². The first-order chi connectivity index (χ1) is 18.8. The van der Waals surface area contributed by atoms with Crippen LogP contribution in [0.15, 0.2) is 58.4 Å². The fraction of sp³-hybridized carbons (Fsp3) is 0.435. The van der Waals surface area contributed by atoms with E-state index in [1.165, 1.54) is 19.1 Å². The Morgan fingerprint density at radius 1 is 0.667 bits per heavy atom. The van der Waals surface area contributed by atoms with Crippen LogP contribution < -0.4 is 4.74 Å². The molecular weight excluding hydrogens is 639 g/mol. The van der Waals surface area contributed by atoms with E-state index in [9.17, 15) is 61.3 Å². The number of alkyl halides is 15. The van der Waals surface area contributed by atoms with Gasteiger partial charge in [-0.25, -0.2) is 0 Å². The molecule has 2 aromatic carbocycles. The molecule has 0 bridgehead atoms. The van der Waals surface area contributed by atoms with Gasteiger partial charge in [0.1, 0.15) is 11.5 Å². The summed E-state index contributed by atoms with van der Waals surface area (Å²) in [7, 11) is -1.78. The Bertz CT molecular complexity index is 1300. The number of hydrogen-bond donors (Lipinski definition) is 0. The van der Waals surface area contributed by atoms with Gasteiger partial charge in [-0.05, 0) is 43.3 Å². The molecule has 2 rings (SSSR count). The van der Waals surface area contributed by atoms with Crippen LogP contribution >= 0.6 is 0 Å². The molecule has 0 radical (unpaired) electrons. The molecule has 19 heteroatoms. The van der Waals surface area contributed by atoms with Gasteiger partial charge >= 0.3 is 41.7 Å². The van der Waals surface area contributed by atoms with E-state index < -0.39 is 74.6 Å². The summed E-state index contributed by atoms with van der Waals surface area (Å²) in [4.78, 5) is 2.52. The minimum absolute atomic E-state index is 0.00479. The predicted molar refractivity (Wildman–Crippen MR) is 118 cm³/mol. The summed E-state index contributed by atoms with van der Waals surface area (Å²) in [5.74, 6) is -49.8. The van der Waals surface area contributed by atoms with Crippen molar-refractivity contribution in [2.24, 2.45) is 4.99 Å². The lowest BCUT2D eigenvalue weighted by Gasteiger charge is -2.41. The predicted octanol–water partition coefficient (Wildman–Crippen LogP) is 8.26. The number of rotatable bonds is 11. The summed E-state index contributed by atoms with van der Waals surface area (Å²) in [6.45, 7) is 1.50. The minimum atomic E-state index is -8.45. The van der Waals surface area contributed by atoms with Crippen molar-refractivity contribution in [1.82, 2.24) is 0 Å². The largest absolute Gasteiger partial charge is 0.497 e. The van der Waals surface area contributed by atoms with Gasteiger partial charge in [-0.2, -0.15) is 65.9 Å². The molecule has 236 valence electrons. The maximum atomic E-state index is 15.1.